The number of aryl methyl sites for hydroxylation is 1. The van der Waals surface area contributed by atoms with Gasteiger partial charge < -0.3 is 10.5 Å². The number of benzene rings is 1. The van der Waals surface area contributed by atoms with Gasteiger partial charge in [0.15, 0.2) is 0 Å². The summed E-state index contributed by atoms with van der Waals surface area (Å²) in [5.74, 6) is 0.961. The van der Waals surface area contributed by atoms with Crippen LogP contribution in [0.2, 0.25) is 0 Å². The van der Waals surface area contributed by atoms with Gasteiger partial charge in [-0.05, 0) is 31.9 Å². The molecule has 0 aliphatic heterocycles. The van der Waals surface area contributed by atoms with Gasteiger partial charge in [0.25, 0.3) is 0 Å². The molecule has 0 fully saturated rings. The molecule has 2 heteroatoms. The van der Waals surface area contributed by atoms with Gasteiger partial charge in [-0.25, -0.2) is 0 Å². The molecule has 0 radical (unpaired) electrons. The number of rotatable bonds is 4. The first-order chi connectivity index (χ1) is 6.20. The second kappa shape index (κ2) is 4.87. The molecule has 0 bridgehead atoms. The first-order valence-corrected chi connectivity index (χ1v) is 4.64. The number of hydrogen-bond acceptors (Lipinski definition) is 2. The maximum atomic E-state index is 5.61. The van der Waals surface area contributed by atoms with Crippen LogP contribution in [0.5, 0.6) is 5.75 Å². The van der Waals surface area contributed by atoms with Gasteiger partial charge in [-0.1, -0.05) is 18.2 Å². The molecule has 2 nitrogen and oxygen atoms in total. The Morgan fingerprint density at radius 2 is 2.08 bits per heavy atom. The fourth-order valence-corrected chi connectivity index (χ4v) is 1.07. The summed E-state index contributed by atoms with van der Waals surface area (Å²) in [4.78, 5) is 0. The third-order valence-corrected chi connectivity index (χ3v) is 1.92. The van der Waals surface area contributed by atoms with Crippen molar-refractivity contribution in [1.29, 1.82) is 0 Å². The van der Waals surface area contributed by atoms with Crippen molar-refractivity contribution in [3.8, 4) is 5.75 Å². The molecule has 72 valence electrons. The monoisotopic (exact) mass is 179 g/mol. The zero-order valence-electron chi connectivity index (χ0n) is 8.29. The van der Waals surface area contributed by atoms with Gasteiger partial charge in [0.1, 0.15) is 5.75 Å². The summed E-state index contributed by atoms with van der Waals surface area (Å²) >= 11 is 0. The first-order valence-electron chi connectivity index (χ1n) is 4.64. The summed E-state index contributed by atoms with van der Waals surface area (Å²) in [5, 5.41) is 0. The minimum Gasteiger partial charge on any atom is -0.493 e. The standard InChI is InChI=1S/C11H17NO/c1-9-5-3-4-6-11(9)13-8-7-10(2)12/h3-6,10H,7-8,12H2,1-2H3/t10-/m1/s1. The van der Waals surface area contributed by atoms with E-state index in [0.29, 0.717) is 6.61 Å². The van der Waals surface area contributed by atoms with Crippen LogP contribution >= 0.6 is 0 Å². The Morgan fingerprint density at radius 1 is 1.38 bits per heavy atom. The quantitative estimate of drug-likeness (QED) is 0.768. The molecule has 0 unspecified atom stereocenters. The Kier molecular flexibility index (Phi) is 3.77. The number of para-hydroxylation sites is 1. The molecule has 0 aliphatic carbocycles. The molecule has 0 saturated heterocycles. The molecule has 0 heterocycles. The van der Waals surface area contributed by atoms with E-state index in [1.165, 1.54) is 5.56 Å². The van der Waals surface area contributed by atoms with E-state index < -0.39 is 0 Å². The Hall–Kier alpha value is -1.02. The lowest BCUT2D eigenvalue weighted by molar-refractivity contribution is 0.299. The molecule has 0 amide bonds. The molecule has 0 spiro atoms. The second-order valence-electron chi connectivity index (χ2n) is 3.38. The van der Waals surface area contributed by atoms with E-state index >= 15 is 0 Å². The van der Waals surface area contributed by atoms with Gasteiger partial charge in [0.05, 0.1) is 6.61 Å². The Balaban J connectivity index is 2.41. The molecular formula is C11H17NO. The van der Waals surface area contributed by atoms with Crippen LogP contribution in [0.1, 0.15) is 18.9 Å². The lowest BCUT2D eigenvalue weighted by Crippen LogP contribution is -2.18. The SMILES string of the molecule is Cc1ccccc1OCC[C@@H](C)N. The average Bonchev–Trinajstić information content (AvgIpc) is 2.08. The molecular weight excluding hydrogens is 162 g/mol. The maximum absolute atomic E-state index is 5.61. The summed E-state index contributed by atoms with van der Waals surface area (Å²) in [7, 11) is 0. The summed E-state index contributed by atoms with van der Waals surface area (Å²) in [6.45, 7) is 4.73. The van der Waals surface area contributed by atoms with Crippen molar-refractivity contribution >= 4 is 0 Å². The lowest BCUT2D eigenvalue weighted by atomic mass is 10.2. The van der Waals surface area contributed by atoms with Crippen molar-refractivity contribution in [3.63, 3.8) is 0 Å². The molecule has 0 saturated carbocycles. The number of hydrogen-bond donors (Lipinski definition) is 1. The van der Waals surface area contributed by atoms with Crippen LogP contribution in [0.25, 0.3) is 0 Å². The topological polar surface area (TPSA) is 35.2 Å². The van der Waals surface area contributed by atoms with E-state index in [9.17, 15) is 0 Å². The number of ether oxygens (including phenoxy) is 1. The molecule has 1 atom stereocenters. The lowest BCUT2D eigenvalue weighted by Gasteiger charge is -2.09. The van der Waals surface area contributed by atoms with Crippen LogP contribution in [0.3, 0.4) is 0 Å². The first kappa shape index (κ1) is 10.1. The third-order valence-electron chi connectivity index (χ3n) is 1.92. The van der Waals surface area contributed by atoms with Gasteiger partial charge in [0, 0.05) is 6.04 Å². The highest BCUT2D eigenvalue weighted by atomic mass is 16.5. The molecule has 1 aromatic rings. The van der Waals surface area contributed by atoms with Crippen LogP contribution < -0.4 is 10.5 Å². The maximum Gasteiger partial charge on any atom is 0.122 e. The third kappa shape index (κ3) is 3.47. The summed E-state index contributed by atoms with van der Waals surface area (Å²) in [6.07, 6.45) is 0.897. The van der Waals surface area contributed by atoms with Crippen LogP contribution in [-0.2, 0) is 0 Å². The van der Waals surface area contributed by atoms with Crippen LogP contribution in [0.4, 0.5) is 0 Å². The van der Waals surface area contributed by atoms with Crippen molar-refractivity contribution in [2.75, 3.05) is 6.61 Å². The Morgan fingerprint density at radius 3 is 2.69 bits per heavy atom. The van der Waals surface area contributed by atoms with E-state index in [0.717, 1.165) is 12.2 Å². The fourth-order valence-electron chi connectivity index (χ4n) is 1.07. The second-order valence-corrected chi connectivity index (χ2v) is 3.38. The van der Waals surface area contributed by atoms with Gasteiger partial charge in [-0.3, -0.25) is 0 Å². The van der Waals surface area contributed by atoms with Crippen LogP contribution in [-0.4, -0.2) is 12.6 Å². The van der Waals surface area contributed by atoms with Crippen molar-refractivity contribution in [2.45, 2.75) is 26.3 Å². The normalized spacial score (nSPS) is 12.5. The predicted octanol–water partition coefficient (Wildman–Crippen LogP) is 2.11. The molecule has 2 N–H and O–H groups in total. The Labute approximate surface area is 79.7 Å². The fraction of sp³-hybridized carbons (Fsp3) is 0.455. The van der Waals surface area contributed by atoms with Gasteiger partial charge >= 0.3 is 0 Å². The van der Waals surface area contributed by atoms with E-state index in [-0.39, 0.29) is 6.04 Å². The summed E-state index contributed by atoms with van der Waals surface area (Å²) in [5.41, 5.74) is 6.79. The molecule has 0 aliphatic rings. The minimum absolute atomic E-state index is 0.212. The van der Waals surface area contributed by atoms with Crippen molar-refractivity contribution < 1.29 is 4.74 Å². The van der Waals surface area contributed by atoms with Crippen LogP contribution in [0, 0.1) is 6.92 Å². The molecule has 1 aromatic carbocycles. The largest absolute Gasteiger partial charge is 0.493 e. The predicted molar refractivity (Wildman–Crippen MR) is 54.9 cm³/mol. The van der Waals surface area contributed by atoms with Gasteiger partial charge in [-0.2, -0.15) is 0 Å². The Bertz CT molecular complexity index is 258. The molecule has 1 rings (SSSR count). The zero-order valence-corrected chi connectivity index (χ0v) is 8.29. The zero-order chi connectivity index (χ0) is 9.68. The highest BCUT2D eigenvalue weighted by molar-refractivity contribution is 5.31. The van der Waals surface area contributed by atoms with Gasteiger partial charge in [-0.15, -0.1) is 0 Å². The highest BCUT2D eigenvalue weighted by Crippen LogP contribution is 2.16. The smallest absolute Gasteiger partial charge is 0.122 e. The van der Waals surface area contributed by atoms with Crippen molar-refractivity contribution in [3.05, 3.63) is 29.8 Å². The van der Waals surface area contributed by atoms with Crippen molar-refractivity contribution in [1.82, 2.24) is 0 Å². The highest BCUT2D eigenvalue weighted by Gasteiger charge is 1.98. The van der Waals surface area contributed by atoms with E-state index in [1.807, 2.05) is 38.1 Å². The molecule has 0 aromatic heterocycles. The van der Waals surface area contributed by atoms with E-state index in [1.54, 1.807) is 0 Å². The summed E-state index contributed by atoms with van der Waals surface area (Å²) < 4.78 is 5.57. The summed E-state index contributed by atoms with van der Waals surface area (Å²) in [6, 6.07) is 8.23. The van der Waals surface area contributed by atoms with Crippen molar-refractivity contribution in [2.24, 2.45) is 5.73 Å². The molecule has 13 heavy (non-hydrogen) atoms. The van der Waals surface area contributed by atoms with Gasteiger partial charge in [0.2, 0.25) is 0 Å². The minimum atomic E-state index is 0.212. The average molecular weight is 179 g/mol. The number of nitrogens with two attached hydrogens (primary N) is 1. The van der Waals surface area contributed by atoms with Crippen LogP contribution in [0.15, 0.2) is 24.3 Å². The van der Waals surface area contributed by atoms with E-state index in [4.69, 9.17) is 10.5 Å². The van der Waals surface area contributed by atoms with E-state index in [2.05, 4.69) is 0 Å².